The van der Waals surface area contributed by atoms with Crippen LogP contribution in [0, 0.1) is 31.6 Å². The lowest BCUT2D eigenvalue weighted by molar-refractivity contribution is -0.186. The Hall–Kier alpha value is -1.65. The van der Waals surface area contributed by atoms with Crippen LogP contribution >= 0.6 is 0 Å². The van der Waals surface area contributed by atoms with Gasteiger partial charge in [0.2, 0.25) is 0 Å². The number of rotatable bonds is 4. The van der Waals surface area contributed by atoms with E-state index in [1.165, 1.54) is 23.8 Å². The van der Waals surface area contributed by atoms with Crippen LogP contribution in [0.3, 0.4) is 0 Å². The number of hydrogen-bond donors (Lipinski definition) is 2. The summed E-state index contributed by atoms with van der Waals surface area (Å²) in [6.07, 6.45) is 7.23. The second-order valence-electron chi connectivity index (χ2n) is 8.37. The molecule has 4 fully saturated rings. The van der Waals surface area contributed by atoms with Gasteiger partial charge in [-0.3, -0.25) is 9.36 Å². The van der Waals surface area contributed by atoms with Gasteiger partial charge in [0.05, 0.1) is 6.42 Å². The van der Waals surface area contributed by atoms with E-state index >= 15 is 0 Å². The van der Waals surface area contributed by atoms with Crippen molar-refractivity contribution in [3.05, 3.63) is 11.1 Å². The SMILES string of the molecule is Cc1c(C)c(O)n(CCC(=O)OC23CC4CC(CC(C4)C2)C3)c1O. The highest BCUT2D eigenvalue weighted by Crippen LogP contribution is 2.57. The molecule has 5 heteroatoms. The van der Waals surface area contributed by atoms with Gasteiger partial charge in [0, 0.05) is 17.7 Å². The van der Waals surface area contributed by atoms with Gasteiger partial charge in [0.25, 0.3) is 0 Å². The van der Waals surface area contributed by atoms with Crippen LogP contribution in [0.25, 0.3) is 0 Å². The predicted octanol–water partition coefficient (Wildman–Crippen LogP) is 3.42. The summed E-state index contributed by atoms with van der Waals surface area (Å²) < 4.78 is 7.37. The molecular weight excluding hydrogens is 306 g/mol. The molecule has 4 aliphatic carbocycles. The van der Waals surface area contributed by atoms with Crippen LogP contribution in [0.2, 0.25) is 0 Å². The lowest BCUT2D eigenvalue weighted by Crippen LogP contribution is -2.52. The van der Waals surface area contributed by atoms with Crippen molar-refractivity contribution in [1.82, 2.24) is 4.57 Å². The number of hydrogen-bond acceptors (Lipinski definition) is 4. The summed E-state index contributed by atoms with van der Waals surface area (Å²) in [6, 6.07) is 0. The maximum atomic E-state index is 12.4. The van der Waals surface area contributed by atoms with Gasteiger partial charge in [-0.05, 0) is 70.1 Å². The third-order valence-electron chi connectivity index (χ3n) is 6.60. The average Bonchev–Trinajstić information content (AvgIpc) is 2.67. The molecule has 0 saturated heterocycles. The molecule has 0 radical (unpaired) electrons. The van der Waals surface area contributed by atoms with Crippen LogP contribution in [0.15, 0.2) is 0 Å². The van der Waals surface area contributed by atoms with Gasteiger partial charge in [-0.25, -0.2) is 0 Å². The van der Waals surface area contributed by atoms with Gasteiger partial charge in [-0.1, -0.05) is 0 Å². The Balaban J connectivity index is 1.40. The zero-order chi connectivity index (χ0) is 17.1. The number of carbonyl (C=O) groups is 1. The first kappa shape index (κ1) is 15.9. The Labute approximate surface area is 142 Å². The van der Waals surface area contributed by atoms with E-state index in [1.54, 1.807) is 13.8 Å². The molecule has 24 heavy (non-hydrogen) atoms. The third kappa shape index (κ3) is 2.49. The van der Waals surface area contributed by atoms with Crippen molar-refractivity contribution in [3.63, 3.8) is 0 Å². The molecule has 0 unspecified atom stereocenters. The molecule has 0 spiro atoms. The molecule has 132 valence electrons. The molecular formula is C19H27NO4. The highest BCUT2D eigenvalue weighted by molar-refractivity contribution is 5.70. The van der Waals surface area contributed by atoms with Gasteiger partial charge >= 0.3 is 5.97 Å². The molecule has 0 aliphatic heterocycles. The summed E-state index contributed by atoms with van der Waals surface area (Å²) in [7, 11) is 0. The van der Waals surface area contributed by atoms with E-state index in [-0.39, 0.29) is 36.3 Å². The number of carbonyl (C=O) groups excluding carboxylic acids is 1. The summed E-state index contributed by atoms with van der Waals surface area (Å²) in [5.41, 5.74) is 1.09. The summed E-state index contributed by atoms with van der Waals surface area (Å²) in [6.45, 7) is 3.76. The average molecular weight is 333 g/mol. The van der Waals surface area contributed by atoms with E-state index < -0.39 is 0 Å². The van der Waals surface area contributed by atoms with E-state index in [9.17, 15) is 15.0 Å². The van der Waals surface area contributed by atoms with Crippen molar-refractivity contribution in [1.29, 1.82) is 0 Å². The minimum atomic E-state index is -0.224. The summed E-state index contributed by atoms with van der Waals surface area (Å²) in [5, 5.41) is 20.1. The maximum Gasteiger partial charge on any atom is 0.308 e. The molecule has 5 rings (SSSR count). The number of aromatic nitrogens is 1. The van der Waals surface area contributed by atoms with Gasteiger partial charge in [0.1, 0.15) is 5.60 Å². The van der Waals surface area contributed by atoms with Crippen LogP contribution in [0.4, 0.5) is 0 Å². The van der Waals surface area contributed by atoms with Crippen molar-refractivity contribution in [2.45, 2.75) is 70.9 Å². The van der Waals surface area contributed by atoms with Crippen molar-refractivity contribution in [2.24, 2.45) is 17.8 Å². The fourth-order valence-corrected chi connectivity index (χ4v) is 5.70. The number of aromatic hydroxyl groups is 2. The van der Waals surface area contributed by atoms with Crippen LogP contribution in [-0.2, 0) is 16.1 Å². The lowest BCUT2D eigenvalue weighted by atomic mass is 9.54. The molecule has 0 atom stereocenters. The maximum absolute atomic E-state index is 12.4. The van der Waals surface area contributed by atoms with Gasteiger partial charge < -0.3 is 14.9 Å². The van der Waals surface area contributed by atoms with Crippen LogP contribution < -0.4 is 0 Å². The van der Waals surface area contributed by atoms with Crippen molar-refractivity contribution < 1.29 is 19.7 Å². The Bertz CT molecular complexity index is 615. The standard InChI is InChI=1S/C19H27NO4/c1-11-12(2)18(23)20(17(11)22)4-3-16(21)24-19-8-13-5-14(9-19)7-15(6-13)10-19/h13-15,22-23H,3-10H2,1-2H3. The van der Waals surface area contributed by atoms with E-state index in [0.717, 1.165) is 37.0 Å². The second kappa shape index (κ2) is 5.43. The highest BCUT2D eigenvalue weighted by Gasteiger charge is 2.53. The minimum Gasteiger partial charge on any atom is -0.494 e. The van der Waals surface area contributed by atoms with E-state index in [0.29, 0.717) is 11.1 Å². The zero-order valence-corrected chi connectivity index (χ0v) is 14.5. The number of nitrogens with zero attached hydrogens (tertiary/aromatic N) is 1. The Morgan fingerprint density at radius 3 is 1.96 bits per heavy atom. The largest absolute Gasteiger partial charge is 0.494 e. The molecule has 4 saturated carbocycles. The minimum absolute atomic E-state index is 0.0348. The van der Waals surface area contributed by atoms with Crippen LogP contribution in [0.5, 0.6) is 11.8 Å². The fraction of sp³-hybridized carbons (Fsp3) is 0.737. The Morgan fingerprint density at radius 1 is 1.04 bits per heavy atom. The molecule has 4 aliphatic rings. The molecule has 1 heterocycles. The van der Waals surface area contributed by atoms with E-state index in [2.05, 4.69) is 0 Å². The fourth-order valence-electron chi connectivity index (χ4n) is 5.70. The lowest BCUT2D eigenvalue weighted by Gasteiger charge is -2.55. The van der Waals surface area contributed by atoms with Crippen molar-refractivity contribution in [2.75, 3.05) is 0 Å². The Morgan fingerprint density at radius 2 is 1.50 bits per heavy atom. The smallest absolute Gasteiger partial charge is 0.308 e. The molecule has 4 bridgehead atoms. The third-order valence-corrected chi connectivity index (χ3v) is 6.60. The number of ether oxygens (including phenoxy) is 1. The molecule has 0 amide bonds. The topological polar surface area (TPSA) is 71.7 Å². The first-order chi connectivity index (χ1) is 11.4. The zero-order valence-electron chi connectivity index (χ0n) is 14.5. The second-order valence-corrected chi connectivity index (χ2v) is 8.37. The van der Waals surface area contributed by atoms with E-state index in [4.69, 9.17) is 4.74 Å². The molecule has 0 aromatic carbocycles. The summed E-state index contributed by atoms with van der Waals surface area (Å²) in [5.74, 6) is 2.09. The summed E-state index contributed by atoms with van der Waals surface area (Å²) >= 11 is 0. The van der Waals surface area contributed by atoms with Crippen LogP contribution in [-0.4, -0.2) is 26.4 Å². The van der Waals surface area contributed by atoms with Crippen molar-refractivity contribution in [3.8, 4) is 11.8 Å². The van der Waals surface area contributed by atoms with E-state index in [1.807, 2.05) is 0 Å². The van der Waals surface area contributed by atoms with Crippen LogP contribution in [0.1, 0.15) is 56.1 Å². The van der Waals surface area contributed by atoms with Crippen molar-refractivity contribution >= 4 is 5.97 Å². The van der Waals surface area contributed by atoms with Gasteiger partial charge in [-0.2, -0.15) is 0 Å². The predicted molar refractivity (Wildman–Crippen MR) is 88.8 cm³/mol. The van der Waals surface area contributed by atoms with Gasteiger partial charge in [-0.15, -0.1) is 0 Å². The highest BCUT2D eigenvalue weighted by atomic mass is 16.6. The quantitative estimate of drug-likeness (QED) is 0.828. The summed E-state index contributed by atoms with van der Waals surface area (Å²) in [4.78, 5) is 12.4. The molecule has 1 aromatic rings. The molecule has 5 nitrogen and oxygen atoms in total. The first-order valence-corrected chi connectivity index (χ1v) is 9.16. The van der Waals surface area contributed by atoms with Gasteiger partial charge in [0.15, 0.2) is 11.8 Å². The Kier molecular flexibility index (Phi) is 3.59. The molecule has 2 N–H and O–H groups in total. The molecule has 1 aromatic heterocycles. The first-order valence-electron chi connectivity index (χ1n) is 9.16. The monoisotopic (exact) mass is 333 g/mol. The number of esters is 1. The normalized spacial score (nSPS) is 33.8.